The highest BCUT2D eigenvalue weighted by molar-refractivity contribution is 9.09. The second kappa shape index (κ2) is 5.10. The van der Waals surface area contributed by atoms with Gasteiger partial charge in [-0.1, -0.05) is 50.5 Å². The first-order chi connectivity index (χ1) is 12.8. The third-order valence-corrected chi connectivity index (χ3v) is 11.5. The standard InChI is InChI=1S/C27H43Br/c1-19(28)6-25-12-23(4)11-24(5,13-25)17-27(16-23,18-25)26-9-20-7-21(2,14-26)10-22(3,8-20)15-26/h19-20H,6-18H2,1-5H3. The average molecular weight is 448 g/mol. The average Bonchev–Trinajstić information content (AvgIpc) is 2.36. The summed E-state index contributed by atoms with van der Waals surface area (Å²) in [6, 6.07) is 0. The van der Waals surface area contributed by atoms with Crippen LogP contribution in [0, 0.1) is 43.8 Å². The highest BCUT2D eigenvalue weighted by atomic mass is 79.9. The summed E-state index contributed by atoms with van der Waals surface area (Å²) in [6.45, 7) is 13.3. The quantitative estimate of drug-likeness (QED) is 0.380. The van der Waals surface area contributed by atoms with Crippen molar-refractivity contribution < 1.29 is 0 Å². The third-order valence-electron chi connectivity index (χ3n) is 11.2. The first-order valence-corrected chi connectivity index (χ1v) is 13.4. The van der Waals surface area contributed by atoms with Crippen molar-refractivity contribution in [3.05, 3.63) is 0 Å². The smallest absolute Gasteiger partial charge is 0.0122 e. The fourth-order valence-electron chi connectivity index (χ4n) is 13.4. The molecule has 0 heterocycles. The molecule has 0 aromatic carbocycles. The number of rotatable bonds is 3. The fraction of sp³-hybridized carbons (Fsp3) is 1.00. The van der Waals surface area contributed by atoms with Crippen LogP contribution >= 0.6 is 15.9 Å². The van der Waals surface area contributed by atoms with Crippen LogP contribution in [0.25, 0.3) is 0 Å². The normalized spacial score (nSPS) is 65.1. The van der Waals surface area contributed by atoms with Gasteiger partial charge < -0.3 is 0 Å². The molecule has 8 bridgehead atoms. The van der Waals surface area contributed by atoms with Gasteiger partial charge in [-0.05, 0) is 127 Å². The SMILES string of the molecule is CC(Br)CC12CC3(C)CC(C)(C1)CC(C14CC5CC(C)(CC(C)(C5)C1)C4)(C3)C2. The Labute approximate surface area is 182 Å². The summed E-state index contributed by atoms with van der Waals surface area (Å²) in [5.74, 6) is 1.05. The topological polar surface area (TPSA) is 0 Å². The Bertz CT molecular complexity index is 682. The Hall–Kier alpha value is 0.480. The van der Waals surface area contributed by atoms with Crippen LogP contribution in [0.1, 0.15) is 118 Å². The number of halogens is 1. The van der Waals surface area contributed by atoms with Crippen molar-refractivity contribution in [1.82, 2.24) is 0 Å². The zero-order chi connectivity index (χ0) is 19.8. The summed E-state index contributed by atoms with van der Waals surface area (Å²) in [5, 5.41) is 0. The van der Waals surface area contributed by atoms with Gasteiger partial charge in [-0.25, -0.2) is 0 Å². The number of hydrogen-bond acceptors (Lipinski definition) is 0. The van der Waals surface area contributed by atoms with E-state index in [0.29, 0.717) is 42.7 Å². The maximum atomic E-state index is 4.00. The molecule has 0 nitrogen and oxygen atoms in total. The van der Waals surface area contributed by atoms with E-state index in [1.165, 1.54) is 32.1 Å². The van der Waals surface area contributed by atoms with Crippen molar-refractivity contribution in [1.29, 1.82) is 0 Å². The molecule has 0 aromatic rings. The lowest BCUT2D eigenvalue weighted by Gasteiger charge is -2.78. The van der Waals surface area contributed by atoms with Gasteiger partial charge in [0.1, 0.15) is 0 Å². The summed E-state index contributed by atoms with van der Waals surface area (Å²) < 4.78 is 0. The second-order valence-corrected chi connectivity index (χ2v) is 16.9. The Balaban J connectivity index is 1.48. The van der Waals surface area contributed by atoms with E-state index in [0.717, 1.165) is 5.92 Å². The van der Waals surface area contributed by atoms with E-state index in [1.807, 2.05) is 0 Å². The molecule has 0 aliphatic heterocycles. The van der Waals surface area contributed by atoms with Crippen LogP contribution in [0.15, 0.2) is 0 Å². The van der Waals surface area contributed by atoms with Crippen LogP contribution in [0.2, 0.25) is 0 Å². The van der Waals surface area contributed by atoms with E-state index >= 15 is 0 Å². The molecule has 8 rings (SSSR count). The molecule has 0 radical (unpaired) electrons. The van der Waals surface area contributed by atoms with Gasteiger partial charge in [-0.15, -0.1) is 0 Å². The molecular formula is C27H43Br. The zero-order valence-corrected chi connectivity index (χ0v) is 20.8. The Kier molecular flexibility index (Phi) is 3.49. The van der Waals surface area contributed by atoms with Crippen LogP contribution in [0.5, 0.6) is 0 Å². The molecule has 0 amide bonds. The van der Waals surface area contributed by atoms with Crippen molar-refractivity contribution in [3.8, 4) is 0 Å². The molecule has 5 unspecified atom stereocenters. The summed E-state index contributed by atoms with van der Waals surface area (Å²) in [5.41, 5.74) is 4.54. The molecule has 28 heavy (non-hydrogen) atoms. The lowest BCUT2D eigenvalue weighted by atomic mass is 9.26. The van der Waals surface area contributed by atoms with E-state index in [4.69, 9.17) is 0 Å². The highest BCUT2D eigenvalue weighted by Crippen LogP contribution is 2.84. The molecule has 5 atom stereocenters. The van der Waals surface area contributed by atoms with Crippen LogP contribution in [-0.2, 0) is 0 Å². The van der Waals surface area contributed by atoms with E-state index in [9.17, 15) is 0 Å². The van der Waals surface area contributed by atoms with Gasteiger partial charge in [0.15, 0.2) is 0 Å². The summed E-state index contributed by atoms with van der Waals surface area (Å²) >= 11 is 4.00. The van der Waals surface area contributed by atoms with Crippen LogP contribution in [0.4, 0.5) is 0 Å². The predicted octanol–water partition coefficient (Wildman–Crippen LogP) is 8.52. The molecule has 8 fully saturated rings. The lowest BCUT2D eigenvalue weighted by Crippen LogP contribution is -2.69. The monoisotopic (exact) mass is 446 g/mol. The predicted molar refractivity (Wildman–Crippen MR) is 122 cm³/mol. The summed E-state index contributed by atoms with van der Waals surface area (Å²) in [4.78, 5) is 0.680. The Morgan fingerprint density at radius 1 is 0.643 bits per heavy atom. The van der Waals surface area contributed by atoms with Gasteiger partial charge >= 0.3 is 0 Å². The number of alkyl halides is 1. The van der Waals surface area contributed by atoms with Crippen molar-refractivity contribution in [3.63, 3.8) is 0 Å². The molecule has 8 saturated carbocycles. The molecule has 0 saturated heterocycles. The van der Waals surface area contributed by atoms with Gasteiger partial charge in [-0.3, -0.25) is 0 Å². The van der Waals surface area contributed by atoms with Crippen LogP contribution in [0.3, 0.4) is 0 Å². The van der Waals surface area contributed by atoms with Crippen LogP contribution < -0.4 is 0 Å². The van der Waals surface area contributed by atoms with Crippen molar-refractivity contribution in [2.75, 3.05) is 0 Å². The van der Waals surface area contributed by atoms with Crippen molar-refractivity contribution >= 4 is 15.9 Å². The minimum atomic E-state index is 0.622. The fourth-order valence-corrected chi connectivity index (χ4v) is 14.0. The zero-order valence-electron chi connectivity index (χ0n) is 19.2. The largest absolute Gasteiger partial charge is 0.0893 e. The first kappa shape index (κ1) is 19.2. The second-order valence-electron chi connectivity index (χ2n) is 15.4. The maximum Gasteiger partial charge on any atom is 0.0122 e. The number of hydrogen-bond donors (Lipinski definition) is 0. The molecule has 8 aliphatic rings. The van der Waals surface area contributed by atoms with Gasteiger partial charge in [0, 0.05) is 4.83 Å². The van der Waals surface area contributed by atoms with E-state index in [2.05, 4.69) is 50.5 Å². The highest BCUT2D eigenvalue weighted by Gasteiger charge is 2.74. The summed E-state index contributed by atoms with van der Waals surface area (Å²) in [6.07, 6.45) is 20.1. The van der Waals surface area contributed by atoms with E-state index in [-0.39, 0.29) is 0 Å². The molecule has 8 aliphatic carbocycles. The minimum absolute atomic E-state index is 0.622. The van der Waals surface area contributed by atoms with Crippen molar-refractivity contribution in [2.24, 2.45) is 43.8 Å². The lowest BCUT2D eigenvalue weighted by molar-refractivity contribution is -0.284. The summed E-state index contributed by atoms with van der Waals surface area (Å²) in [7, 11) is 0. The van der Waals surface area contributed by atoms with Gasteiger partial charge in [0.25, 0.3) is 0 Å². The van der Waals surface area contributed by atoms with Gasteiger partial charge in [0.2, 0.25) is 0 Å². The van der Waals surface area contributed by atoms with Crippen LogP contribution in [-0.4, -0.2) is 4.83 Å². The Morgan fingerprint density at radius 2 is 1.14 bits per heavy atom. The van der Waals surface area contributed by atoms with Gasteiger partial charge in [0.05, 0.1) is 0 Å². The molecule has 0 N–H and O–H groups in total. The van der Waals surface area contributed by atoms with E-state index in [1.54, 1.807) is 51.4 Å². The minimum Gasteiger partial charge on any atom is -0.0893 e. The van der Waals surface area contributed by atoms with Crippen molar-refractivity contribution in [2.45, 2.75) is 123 Å². The first-order valence-electron chi connectivity index (χ1n) is 12.5. The Morgan fingerprint density at radius 3 is 1.64 bits per heavy atom. The third kappa shape index (κ3) is 2.47. The molecule has 158 valence electrons. The van der Waals surface area contributed by atoms with Gasteiger partial charge in [-0.2, -0.15) is 0 Å². The molecule has 1 heteroatoms. The molecule has 0 spiro atoms. The van der Waals surface area contributed by atoms with E-state index < -0.39 is 0 Å². The maximum absolute atomic E-state index is 4.00. The molecular weight excluding hydrogens is 404 g/mol. The molecule has 0 aromatic heterocycles.